The summed E-state index contributed by atoms with van der Waals surface area (Å²) < 4.78 is 8.11. The van der Waals surface area contributed by atoms with Crippen LogP contribution >= 0.6 is 28.1 Å². The van der Waals surface area contributed by atoms with Crippen LogP contribution in [0.15, 0.2) is 65.4 Å². The molecule has 0 fully saturated rings. The predicted molar refractivity (Wildman–Crippen MR) is 108 cm³/mol. The minimum atomic E-state index is 0.517. The highest BCUT2D eigenvalue weighted by Gasteiger charge is 2.04. The lowest BCUT2D eigenvalue weighted by molar-refractivity contribution is 0.414. The van der Waals surface area contributed by atoms with Gasteiger partial charge in [0.15, 0.2) is 5.11 Å². The zero-order valence-electron chi connectivity index (χ0n) is 13.6. The molecule has 7 heteroatoms. The van der Waals surface area contributed by atoms with Crippen LogP contribution in [0.2, 0.25) is 0 Å². The van der Waals surface area contributed by atoms with Gasteiger partial charge in [-0.05, 0) is 54.2 Å². The van der Waals surface area contributed by atoms with Gasteiger partial charge in [-0.1, -0.05) is 28.1 Å². The number of ether oxygens (including phenoxy) is 1. The SMILES string of the molecule is COc1cccc(Cn2cc(NC(=S)Nc3ccc(Br)cc3)cn2)c1. The van der Waals surface area contributed by atoms with Crippen molar-refractivity contribution in [2.24, 2.45) is 0 Å². The van der Waals surface area contributed by atoms with Gasteiger partial charge in [0.05, 0.1) is 25.5 Å². The van der Waals surface area contributed by atoms with E-state index in [1.165, 1.54) is 0 Å². The van der Waals surface area contributed by atoms with Gasteiger partial charge in [-0.2, -0.15) is 5.10 Å². The lowest BCUT2D eigenvalue weighted by Crippen LogP contribution is -2.18. The number of halogens is 1. The maximum atomic E-state index is 5.34. The molecule has 128 valence electrons. The first kappa shape index (κ1) is 17.4. The van der Waals surface area contributed by atoms with E-state index in [0.29, 0.717) is 11.7 Å². The van der Waals surface area contributed by atoms with E-state index in [0.717, 1.165) is 27.2 Å². The highest BCUT2D eigenvalue weighted by Crippen LogP contribution is 2.16. The normalized spacial score (nSPS) is 10.3. The Hall–Kier alpha value is -2.38. The monoisotopic (exact) mass is 416 g/mol. The van der Waals surface area contributed by atoms with Crippen molar-refractivity contribution in [3.63, 3.8) is 0 Å². The fourth-order valence-electron chi connectivity index (χ4n) is 2.30. The standard InChI is InChI=1S/C18H17BrN4OS/c1-24-17-4-2-3-13(9-17)11-23-12-16(10-20-23)22-18(25)21-15-7-5-14(19)6-8-15/h2-10,12H,11H2,1H3,(H2,21,22,25). The molecule has 0 unspecified atom stereocenters. The lowest BCUT2D eigenvalue weighted by Gasteiger charge is -2.09. The van der Waals surface area contributed by atoms with Crippen LogP contribution in [0.5, 0.6) is 5.75 Å². The van der Waals surface area contributed by atoms with Crippen molar-refractivity contribution in [2.45, 2.75) is 6.54 Å². The number of hydrogen-bond donors (Lipinski definition) is 2. The minimum absolute atomic E-state index is 0.517. The average Bonchev–Trinajstić information content (AvgIpc) is 3.04. The molecule has 0 aliphatic rings. The molecule has 0 amide bonds. The first-order chi connectivity index (χ1) is 12.1. The van der Waals surface area contributed by atoms with Crippen LogP contribution in [-0.2, 0) is 6.54 Å². The first-order valence-electron chi connectivity index (χ1n) is 7.61. The fraction of sp³-hybridized carbons (Fsp3) is 0.111. The average molecular weight is 417 g/mol. The van der Waals surface area contributed by atoms with Crippen LogP contribution < -0.4 is 15.4 Å². The minimum Gasteiger partial charge on any atom is -0.497 e. The van der Waals surface area contributed by atoms with Crippen molar-refractivity contribution in [1.29, 1.82) is 0 Å². The largest absolute Gasteiger partial charge is 0.497 e. The second-order valence-electron chi connectivity index (χ2n) is 5.36. The number of thiocarbonyl (C=S) groups is 1. The highest BCUT2D eigenvalue weighted by atomic mass is 79.9. The Labute approximate surface area is 160 Å². The summed E-state index contributed by atoms with van der Waals surface area (Å²) >= 11 is 8.74. The maximum absolute atomic E-state index is 5.34. The Morgan fingerprint density at radius 1 is 1.16 bits per heavy atom. The van der Waals surface area contributed by atoms with Gasteiger partial charge in [-0.15, -0.1) is 0 Å². The van der Waals surface area contributed by atoms with Crippen molar-refractivity contribution in [2.75, 3.05) is 17.7 Å². The van der Waals surface area contributed by atoms with Crippen LogP contribution in [0.1, 0.15) is 5.56 Å². The van der Waals surface area contributed by atoms with E-state index in [4.69, 9.17) is 17.0 Å². The lowest BCUT2D eigenvalue weighted by atomic mass is 10.2. The summed E-state index contributed by atoms with van der Waals surface area (Å²) in [6.07, 6.45) is 3.66. The molecule has 0 bridgehead atoms. The molecule has 0 aliphatic carbocycles. The van der Waals surface area contributed by atoms with Crippen molar-refractivity contribution < 1.29 is 4.74 Å². The molecule has 0 saturated carbocycles. The van der Waals surface area contributed by atoms with E-state index in [1.54, 1.807) is 13.3 Å². The number of hydrogen-bond acceptors (Lipinski definition) is 3. The molecule has 5 nitrogen and oxygen atoms in total. The number of aromatic nitrogens is 2. The number of nitrogens with one attached hydrogen (secondary N) is 2. The molecule has 1 heterocycles. The third kappa shape index (κ3) is 5.04. The van der Waals surface area contributed by atoms with Crippen molar-refractivity contribution in [1.82, 2.24) is 9.78 Å². The van der Waals surface area contributed by atoms with Crippen LogP contribution in [0, 0.1) is 0 Å². The van der Waals surface area contributed by atoms with E-state index in [1.807, 2.05) is 59.4 Å². The predicted octanol–water partition coefficient (Wildman–Crippen LogP) is 4.51. The smallest absolute Gasteiger partial charge is 0.175 e. The highest BCUT2D eigenvalue weighted by molar-refractivity contribution is 9.10. The summed E-state index contributed by atoms with van der Waals surface area (Å²) in [5.41, 5.74) is 2.87. The summed E-state index contributed by atoms with van der Waals surface area (Å²) in [7, 11) is 1.66. The molecule has 3 aromatic rings. The Bertz CT molecular complexity index is 864. The van der Waals surface area contributed by atoms with Gasteiger partial charge in [0.25, 0.3) is 0 Å². The maximum Gasteiger partial charge on any atom is 0.175 e. The summed E-state index contributed by atoms with van der Waals surface area (Å²) in [5.74, 6) is 0.836. The summed E-state index contributed by atoms with van der Waals surface area (Å²) in [4.78, 5) is 0. The summed E-state index contributed by atoms with van der Waals surface area (Å²) in [5, 5.41) is 11.1. The van der Waals surface area contributed by atoms with Gasteiger partial charge in [-0.25, -0.2) is 0 Å². The third-order valence-electron chi connectivity index (χ3n) is 3.47. The molecule has 0 saturated heterocycles. The molecule has 25 heavy (non-hydrogen) atoms. The van der Waals surface area contributed by atoms with Gasteiger partial charge in [0.2, 0.25) is 0 Å². The number of methoxy groups -OCH3 is 1. The zero-order valence-corrected chi connectivity index (χ0v) is 16.0. The third-order valence-corrected chi connectivity index (χ3v) is 4.20. The molecule has 1 aromatic heterocycles. The van der Waals surface area contributed by atoms with E-state index in [9.17, 15) is 0 Å². The zero-order chi connectivity index (χ0) is 17.6. The Kier molecular flexibility index (Phi) is 5.67. The van der Waals surface area contributed by atoms with E-state index in [-0.39, 0.29) is 0 Å². The number of anilines is 2. The van der Waals surface area contributed by atoms with Crippen LogP contribution in [0.3, 0.4) is 0 Å². The second-order valence-corrected chi connectivity index (χ2v) is 6.69. The molecule has 0 spiro atoms. The second kappa shape index (κ2) is 8.13. The van der Waals surface area contributed by atoms with Gasteiger partial charge in [0.1, 0.15) is 5.75 Å². The van der Waals surface area contributed by atoms with Crippen LogP contribution in [-0.4, -0.2) is 22.0 Å². The van der Waals surface area contributed by atoms with Crippen molar-refractivity contribution in [3.8, 4) is 5.75 Å². The number of rotatable bonds is 5. The number of benzene rings is 2. The van der Waals surface area contributed by atoms with Crippen LogP contribution in [0.4, 0.5) is 11.4 Å². The molecule has 0 aliphatic heterocycles. The van der Waals surface area contributed by atoms with Gasteiger partial charge < -0.3 is 15.4 Å². The number of nitrogens with zero attached hydrogens (tertiary/aromatic N) is 2. The van der Waals surface area contributed by atoms with Crippen molar-refractivity contribution >= 4 is 44.6 Å². The molecular formula is C18H17BrN4OS. The summed E-state index contributed by atoms with van der Waals surface area (Å²) in [6, 6.07) is 15.7. The van der Waals surface area contributed by atoms with Crippen molar-refractivity contribution in [3.05, 3.63) is 71.0 Å². The van der Waals surface area contributed by atoms with E-state index < -0.39 is 0 Å². The fourth-order valence-corrected chi connectivity index (χ4v) is 2.80. The summed E-state index contributed by atoms with van der Waals surface area (Å²) in [6.45, 7) is 0.659. The van der Waals surface area contributed by atoms with E-state index in [2.05, 4.69) is 31.7 Å². The Morgan fingerprint density at radius 2 is 1.92 bits per heavy atom. The topological polar surface area (TPSA) is 51.1 Å². The van der Waals surface area contributed by atoms with Gasteiger partial charge >= 0.3 is 0 Å². The molecular weight excluding hydrogens is 400 g/mol. The Balaban J connectivity index is 1.59. The quantitative estimate of drug-likeness (QED) is 0.599. The molecule has 0 radical (unpaired) electrons. The van der Waals surface area contributed by atoms with Gasteiger partial charge in [-0.3, -0.25) is 4.68 Å². The van der Waals surface area contributed by atoms with Crippen LogP contribution in [0.25, 0.3) is 0 Å². The van der Waals surface area contributed by atoms with Gasteiger partial charge in [0, 0.05) is 16.4 Å². The molecule has 2 N–H and O–H groups in total. The van der Waals surface area contributed by atoms with E-state index >= 15 is 0 Å². The molecule has 2 aromatic carbocycles. The first-order valence-corrected chi connectivity index (χ1v) is 8.81. The molecule has 3 rings (SSSR count). The Morgan fingerprint density at radius 3 is 2.68 bits per heavy atom. The molecule has 0 atom stereocenters.